The van der Waals surface area contributed by atoms with Crippen molar-refractivity contribution in [2.24, 2.45) is 0 Å². The van der Waals surface area contributed by atoms with Crippen molar-refractivity contribution in [2.45, 2.75) is 12.5 Å². The molecule has 0 aliphatic carbocycles. The standard InChI is InChI=1S/C12H10ClF2NO3/c1-2-3-10(12(18)19)16-11(17)6-4-9(15)7(13)5-8(6)14/h2,4-5,10H,1,3H2,(H,16,17)(H,18,19). The molecule has 19 heavy (non-hydrogen) atoms. The molecule has 0 bridgehead atoms. The lowest BCUT2D eigenvalue weighted by atomic mass is 10.1. The summed E-state index contributed by atoms with van der Waals surface area (Å²) in [6, 6.07) is -0.00215. The molecule has 0 fully saturated rings. The summed E-state index contributed by atoms with van der Waals surface area (Å²) in [6.07, 6.45) is 1.25. The molecule has 0 saturated heterocycles. The Hall–Kier alpha value is -1.95. The molecule has 1 aromatic carbocycles. The van der Waals surface area contributed by atoms with Crippen LogP contribution in [0, 0.1) is 11.6 Å². The van der Waals surface area contributed by atoms with Gasteiger partial charge < -0.3 is 10.4 Å². The van der Waals surface area contributed by atoms with Gasteiger partial charge in [0.25, 0.3) is 5.91 Å². The summed E-state index contributed by atoms with van der Waals surface area (Å²) < 4.78 is 26.6. The molecule has 1 aromatic rings. The number of benzene rings is 1. The molecule has 7 heteroatoms. The molecule has 1 unspecified atom stereocenters. The number of nitrogens with one attached hydrogen (secondary N) is 1. The van der Waals surface area contributed by atoms with Crippen LogP contribution in [-0.2, 0) is 4.79 Å². The van der Waals surface area contributed by atoms with Crippen LogP contribution in [0.15, 0.2) is 24.8 Å². The van der Waals surface area contributed by atoms with Crippen LogP contribution in [-0.4, -0.2) is 23.0 Å². The highest BCUT2D eigenvalue weighted by Crippen LogP contribution is 2.19. The second kappa shape index (κ2) is 6.29. The van der Waals surface area contributed by atoms with Gasteiger partial charge in [0.2, 0.25) is 0 Å². The van der Waals surface area contributed by atoms with Crippen LogP contribution in [0.2, 0.25) is 5.02 Å². The SMILES string of the molecule is C=CCC(NC(=O)c1cc(F)c(Cl)cc1F)C(=O)O. The third-order valence-corrected chi connectivity index (χ3v) is 2.55. The smallest absolute Gasteiger partial charge is 0.326 e. The number of rotatable bonds is 5. The number of hydrogen-bond acceptors (Lipinski definition) is 2. The quantitative estimate of drug-likeness (QED) is 0.646. The summed E-state index contributed by atoms with van der Waals surface area (Å²) in [5.74, 6) is -4.35. The number of carbonyl (C=O) groups is 2. The zero-order chi connectivity index (χ0) is 14.6. The van der Waals surface area contributed by atoms with E-state index in [9.17, 15) is 18.4 Å². The van der Waals surface area contributed by atoms with Crippen molar-refractivity contribution < 1.29 is 23.5 Å². The van der Waals surface area contributed by atoms with Crippen LogP contribution in [0.1, 0.15) is 16.8 Å². The lowest BCUT2D eigenvalue weighted by Gasteiger charge is -2.13. The summed E-state index contributed by atoms with van der Waals surface area (Å²) in [7, 11) is 0. The zero-order valence-electron chi connectivity index (χ0n) is 9.62. The number of aliphatic carboxylic acids is 1. The molecule has 0 aliphatic heterocycles. The van der Waals surface area contributed by atoms with E-state index in [-0.39, 0.29) is 6.42 Å². The van der Waals surface area contributed by atoms with Crippen LogP contribution in [0.3, 0.4) is 0 Å². The van der Waals surface area contributed by atoms with Gasteiger partial charge in [0.05, 0.1) is 10.6 Å². The predicted molar refractivity (Wildman–Crippen MR) is 65.1 cm³/mol. The molecule has 0 saturated carbocycles. The van der Waals surface area contributed by atoms with Gasteiger partial charge in [-0.25, -0.2) is 13.6 Å². The Morgan fingerprint density at radius 3 is 2.58 bits per heavy atom. The summed E-state index contributed by atoms with van der Waals surface area (Å²) in [6.45, 7) is 3.34. The Morgan fingerprint density at radius 2 is 2.05 bits per heavy atom. The first-order chi connectivity index (χ1) is 8.86. The Balaban J connectivity index is 2.97. The molecule has 0 heterocycles. The van der Waals surface area contributed by atoms with E-state index in [0.717, 1.165) is 0 Å². The topological polar surface area (TPSA) is 66.4 Å². The second-order valence-electron chi connectivity index (χ2n) is 3.63. The van der Waals surface area contributed by atoms with Gasteiger partial charge in [0.1, 0.15) is 17.7 Å². The molecule has 4 nitrogen and oxygen atoms in total. The Bertz CT molecular complexity index is 534. The van der Waals surface area contributed by atoms with Crippen molar-refractivity contribution in [1.82, 2.24) is 5.32 Å². The van der Waals surface area contributed by atoms with Crippen LogP contribution in [0.25, 0.3) is 0 Å². The number of halogens is 3. The Kier molecular flexibility index (Phi) is 5.00. The molecule has 1 rings (SSSR count). The first-order valence-electron chi connectivity index (χ1n) is 5.16. The molecule has 2 N–H and O–H groups in total. The van der Waals surface area contributed by atoms with Gasteiger partial charge in [0.15, 0.2) is 0 Å². The monoisotopic (exact) mass is 289 g/mol. The Morgan fingerprint density at radius 1 is 1.42 bits per heavy atom. The minimum atomic E-state index is -1.30. The largest absolute Gasteiger partial charge is 0.480 e. The molecule has 0 aromatic heterocycles. The molecule has 0 spiro atoms. The summed E-state index contributed by atoms with van der Waals surface area (Å²) in [5.41, 5.74) is -0.614. The van der Waals surface area contributed by atoms with Gasteiger partial charge in [-0.15, -0.1) is 6.58 Å². The number of amides is 1. The van der Waals surface area contributed by atoms with E-state index in [2.05, 4.69) is 11.9 Å². The molecular formula is C12H10ClF2NO3. The van der Waals surface area contributed by atoms with Crippen molar-refractivity contribution in [3.63, 3.8) is 0 Å². The first-order valence-corrected chi connectivity index (χ1v) is 5.53. The molecular weight excluding hydrogens is 280 g/mol. The lowest BCUT2D eigenvalue weighted by Crippen LogP contribution is -2.40. The minimum Gasteiger partial charge on any atom is -0.480 e. The zero-order valence-corrected chi connectivity index (χ0v) is 10.4. The second-order valence-corrected chi connectivity index (χ2v) is 4.04. The predicted octanol–water partition coefficient (Wildman–Crippen LogP) is 2.38. The number of carboxylic acids is 1. The molecule has 0 radical (unpaired) electrons. The molecule has 102 valence electrons. The van der Waals surface area contributed by atoms with Crippen molar-refractivity contribution in [1.29, 1.82) is 0 Å². The number of carboxylic acid groups (broad SMARTS) is 1. The van der Waals surface area contributed by atoms with Crippen molar-refractivity contribution in [3.05, 3.63) is 47.0 Å². The van der Waals surface area contributed by atoms with Gasteiger partial charge in [-0.1, -0.05) is 17.7 Å². The van der Waals surface area contributed by atoms with Crippen molar-refractivity contribution in [3.8, 4) is 0 Å². The maximum absolute atomic E-state index is 13.4. The highest BCUT2D eigenvalue weighted by atomic mass is 35.5. The van der Waals surface area contributed by atoms with Crippen LogP contribution < -0.4 is 5.32 Å². The molecule has 0 aliphatic rings. The van der Waals surface area contributed by atoms with E-state index in [4.69, 9.17) is 16.7 Å². The van der Waals surface area contributed by atoms with Crippen LogP contribution in [0.4, 0.5) is 8.78 Å². The maximum atomic E-state index is 13.4. The van der Waals surface area contributed by atoms with E-state index in [0.29, 0.717) is 12.1 Å². The fraction of sp³-hybridized carbons (Fsp3) is 0.167. The lowest BCUT2D eigenvalue weighted by molar-refractivity contribution is -0.139. The summed E-state index contributed by atoms with van der Waals surface area (Å²) >= 11 is 5.34. The fourth-order valence-corrected chi connectivity index (χ4v) is 1.47. The molecule has 1 atom stereocenters. The third kappa shape index (κ3) is 3.75. The van der Waals surface area contributed by atoms with Gasteiger partial charge >= 0.3 is 5.97 Å². The summed E-state index contributed by atoms with van der Waals surface area (Å²) in [5, 5.41) is 10.4. The third-order valence-electron chi connectivity index (χ3n) is 2.26. The van der Waals surface area contributed by atoms with E-state index >= 15 is 0 Å². The van der Waals surface area contributed by atoms with Gasteiger partial charge in [0, 0.05) is 0 Å². The summed E-state index contributed by atoms with van der Waals surface area (Å²) in [4.78, 5) is 22.5. The van der Waals surface area contributed by atoms with Gasteiger partial charge in [-0.3, -0.25) is 4.79 Å². The van der Waals surface area contributed by atoms with E-state index in [1.165, 1.54) is 6.08 Å². The van der Waals surface area contributed by atoms with Gasteiger partial charge in [-0.2, -0.15) is 0 Å². The number of hydrogen-bond donors (Lipinski definition) is 2. The fourth-order valence-electron chi connectivity index (χ4n) is 1.32. The van der Waals surface area contributed by atoms with Crippen molar-refractivity contribution >= 4 is 23.5 Å². The van der Waals surface area contributed by atoms with Crippen molar-refractivity contribution in [2.75, 3.05) is 0 Å². The number of carbonyl (C=O) groups excluding carboxylic acids is 1. The van der Waals surface area contributed by atoms with Crippen LogP contribution >= 0.6 is 11.6 Å². The van der Waals surface area contributed by atoms with E-state index < -0.39 is 40.1 Å². The minimum absolute atomic E-state index is 0.0429. The highest BCUT2D eigenvalue weighted by Gasteiger charge is 2.22. The normalized spacial score (nSPS) is 11.7. The van der Waals surface area contributed by atoms with E-state index in [1.54, 1.807) is 0 Å². The average Bonchev–Trinajstić information content (AvgIpc) is 2.32. The van der Waals surface area contributed by atoms with Crippen LogP contribution in [0.5, 0.6) is 0 Å². The molecule has 1 amide bonds. The Labute approximate surface area is 112 Å². The van der Waals surface area contributed by atoms with E-state index in [1.807, 2.05) is 0 Å². The average molecular weight is 290 g/mol. The maximum Gasteiger partial charge on any atom is 0.326 e. The highest BCUT2D eigenvalue weighted by molar-refractivity contribution is 6.30. The van der Waals surface area contributed by atoms with Gasteiger partial charge in [-0.05, 0) is 18.6 Å². The first kappa shape index (κ1) is 15.1.